The molecule has 0 aliphatic carbocycles. The fourth-order valence-electron chi connectivity index (χ4n) is 2.86. The molecule has 0 aromatic heterocycles. The van der Waals surface area contributed by atoms with Crippen molar-refractivity contribution in [3.63, 3.8) is 0 Å². The summed E-state index contributed by atoms with van der Waals surface area (Å²) in [5, 5.41) is 3.00. The molecule has 2 rings (SSSR count). The second kappa shape index (κ2) is 9.26. The zero-order valence-corrected chi connectivity index (χ0v) is 15.8. The van der Waals surface area contributed by atoms with Crippen LogP contribution in [0.25, 0.3) is 0 Å². The fraction of sp³-hybridized carbons (Fsp3) is 0.409. The zero-order valence-electron chi connectivity index (χ0n) is 15.8. The monoisotopic (exact) mass is 339 g/mol. The van der Waals surface area contributed by atoms with Crippen molar-refractivity contribution in [1.29, 1.82) is 0 Å². The van der Waals surface area contributed by atoms with Gasteiger partial charge in [0.05, 0.1) is 0 Å². The normalized spacial score (nSPS) is 11.8. The van der Waals surface area contributed by atoms with Gasteiger partial charge in [0.15, 0.2) is 6.10 Å². The van der Waals surface area contributed by atoms with E-state index in [9.17, 15) is 4.79 Å². The Hall–Kier alpha value is -2.29. The first-order valence-corrected chi connectivity index (χ1v) is 9.06. The predicted molar refractivity (Wildman–Crippen MR) is 103 cm³/mol. The molecule has 0 fully saturated rings. The minimum atomic E-state index is -0.444. The lowest BCUT2D eigenvalue weighted by Crippen LogP contribution is -2.38. The summed E-state index contributed by atoms with van der Waals surface area (Å²) in [6.07, 6.45) is 2.10. The van der Waals surface area contributed by atoms with Gasteiger partial charge in [-0.3, -0.25) is 4.79 Å². The minimum absolute atomic E-state index is 0.0365. The molecule has 0 saturated heterocycles. The van der Waals surface area contributed by atoms with Crippen molar-refractivity contribution in [3.05, 3.63) is 64.7 Å². The smallest absolute Gasteiger partial charge is 0.261 e. The topological polar surface area (TPSA) is 38.3 Å². The van der Waals surface area contributed by atoms with Gasteiger partial charge in [-0.05, 0) is 68.9 Å². The highest BCUT2D eigenvalue weighted by molar-refractivity contribution is 5.81. The van der Waals surface area contributed by atoms with Crippen molar-refractivity contribution in [2.24, 2.45) is 0 Å². The van der Waals surface area contributed by atoms with Crippen molar-refractivity contribution in [2.45, 2.75) is 53.1 Å². The number of carbonyl (C=O) groups excluding carboxylic acids is 1. The second-order valence-corrected chi connectivity index (χ2v) is 6.72. The zero-order chi connectivity index (χ0) is 18.2. The molecule has 0 aliphatic rings. The van der Waals surface area contributed by atoms with Gasteiger partial charge in [-0.1, -0.05) is 42.8 Å². The van der Waals surface area contributed by atoms with Gasteiger partial charge in [0.2, 0.25) is 0 Å². The third kappa shape index (κ3) is 6.26. The van der Waals surface area contributed by atoms with Gasteiger partial charge in [0.1, 0.15) is 5.75 Å². The molecule has 0 saturated carbocycles. The van der Waals surface area contributed by atoms with E-state index < -0.39 is 6.10 Å². The van der Waals surface area contributed by atoms with E-state index in [-0.39, 0.29) is 5.91 Å². The Bertz CT molecular complexity index is 671. The van der Waals surface area contributed by atoms with E-state index in [1.54, 1.807) is 0 Å². The number of nitrogens with one attached hydrogen (secondary N) is 1. The number of rotatable bonds is 8. The van der Waals surface area contributed by atoms with E-state index in [2.05, 4.69) is 42.6 Å². The summed E-state index contributed by atoms with van der Waals surface area (Å²) in [7, 11) is 0. The Morgan fingerprint density at radius 2 is 1.64 bits per heavy atom. The lowest BCUT2D eigenvalue weighted by molar-refractivity contribution is -0.128. The molecule has 1 amide bonds. The van der Waals surface area contributed by atoms with E-state index >= 15 is 0 Å². The molecule has 3 nitrogen and oxygen atoms in total. The van der Waals surface area contributed by atoms with Gasteiger partial charge in [0, 0.05) is 6.54 Å². The summed E-state index contributed by atoms with van der Waals surface area (Å²) < 4.78 is 5.90. The van der Waals surface area contributed by atoms with E-state index in [0.717, 1.165) is 29.7 Å². The summed E-state index contributed by atoms with van der Waals surface area (Å²) in [5.74, 6) is 0.727. The van der Waals surface area contributed by atoms with Crippen LogP contribution in [0.15, 0.2) is 42.5 Å². The molecule has 1 N–H and O–H groups in total. The van der Waals surface area contributed by atoms with Crippen LogP contribution in [0.3, 0.4) is 0 Å². The van der Waals surface area contributed by atoms with E-state index in [1.165, 1.54) is 11.1 Å². The van der Waals surface area contributed by atoms with Crippen LogP contribution in [-0.4, -0.2) is 18.6 Å². The van der Waals surface area contributed by atoms with Crippen LogP contribution in [0, 0.1) is 20.8 Å². The van der Waals surface area contributed by atoms with Crippen LogP contribution in [0.2, 0.25) is 0 Å². The molecule has 1 atom stereocenters. The highest BCUT2D eigenvalue weighted by atomic mass is 16.5. The first-order chi connectivity index (χ1) is 12.0. The average molecular weight is 339 g/mol. The Balaban J connectivity index is 1.80. The van der Waals surface area contributed by atoms with Gasteiger partial charge < -0.3 is 10.1 Å². The maximum absolute atomic E-state index is 12.4. The number of hydrogen-bond donors (Lipinski definition) is 1. The van der Waals surface area contributed by atoms with Crippen LogP contribution >= 0.6 is 0 Å². The maximum atomic E-state index is 12.4. The molecule has 3 heteroatoms. The molecule has 134 valence electrons. The Morgan fingerprint density at radius 1 is 1.00 bits per heavy atom. The summed E-state index contributed by atoms with van der Waals surface area (Å²) in [4.78, 5) is 12.4. The molecule has 1 unspecified atom stereocenters. The van der Waals surface area contributed by atoms with Gasteiger partial charge in [-0.2, -0.15) is 0 Å². The van der Waals surface area contributed by atoms with Crippen molar-refractivity contribution in [1.82, 2.24) is 5.32 Å². The SMILES string of the molecule is CCC(Oc1cc(C)cc(C)c1)C(=O)NCCCc1ccc(C)cc1. The molecular formula is C22H29NO2. The Morgan fingerprint density at radius 3 is 2.24 bits per heavy atom. The highest BCUT2D eigenvalue weighted by Gasteiger charge is 2.18. The number of carbonyl (C=O) groups is 1. The van der Waals surface area contributed by atoms with Crippen molar-refractivity contribution in [2.75, 3.05) is 6.54 Å². The minimum Gasteiger partial charge on any atom is -0.481 e. The maximum Gasteiger partial charge on any atom is 0.261 e. The summed E-state index contributed by atoms with van der Waals surface area (Å²) in [6, 6.07) is 14.6. The number of hydrogen-bond acceptors (Lipinski definition) is 2. The third-order valence-electron chi connectivity index (χ3n) is 4.20. The molecule has 0 radical (unpaired) electrons. The quantitative estimate of drug-likeness (QED) is 0.718. The van der Waals surface area contributed by atoms with E-state index in [1.807, 2.05) is 32.9 Å². The molecule has 0 heterocycles. The molecule has 0 aliphatic heterocycles. The van der Waals surface area contributed by atoms with Gasteiger partial charge in [-0.25, -0.2) is 0 Å². The molecule has 0 bridgehead atoms. The van der Waals surface area contributed by atoms with Crippen LogP contribution in [0.5, 0.6) is 5.75 Å². The lowest BCUT2D eigenvalue weighted by Gasteiger charge is -2.18. The highest BCUT2D eigenvalue weighted by Crippen LogP contribution is 2.18. The Labute approximate surface area is 151 Å². The molecule has 2 aromatic carbocycles. The first kappa shape index (κ1) is 19.0. The molecule has 0 spiro atoms. The van der Waals surface area contributed by atoms with Crippen LogP contribution in [0.4, 0.5) is 0 Å². The number of aryl methyl sites for hydroxylation is 4. The van der Waals surface area contributed by atoms with Crippen LogP contribution in [0.1, 0.15) is 42.0 Å². The third-order valence-corrected chi connectivity index (χ3v) is 4.20. The number of benzene rings is 2. The first-order valence-electron chi connectivity index (χ1n) is 9.06. The van der Waals surface area contributed by atoms with Gasteiger partial charge >= 0.3 is 0 Å². The summed E-state index contributed by atoms with van der Waals surface area (Å²) in [5.41, 5.74) is 4.86. The summed E-state index contributed by atoms with van der Waals surface area (Å²) >= 11 is 0. The van der Waals surface area contributed by atoms with Gasteiger partial charge in [-0.15, -0.1) is 0 Å². The number of ether oxygens (including phenoxy) is 1. The van der Waals surface area contributed by atoms with E-state index in [4.69, 9.17) is 4.74 Å². The van der Waals surface area contributed by atoms with Gasteiger partial charge in [0.25, 0.3) is 5.91 Å². The van der Waals surface area contributed by atoms with E-state index in [0.29, 0.717) is 13.0 Å². The Kier molecular flexibility index (Phi) is 7.05. The lowest BCUT2D eigenvalue weighted by atomic mass is 10.1. The predicted octanol–water partition coefficient (Wildman–Crippen LogP) is 4.52. The van der Waals surface area contributed by atoms with Crippen molar-refractivity contribution in [3.8, 4) is 5.75 Å². The average Bonchev–Trinajstić information content (AvgIpc) is 2.57. The fourth-order valence-corrected chi connectivity index (χ4v) is 2.86. The molecule has 25 heavy (non-hydrogen) atoms. The number of amides is 1. The second-order valence-electron chi connectivity index (χ2n) is 6.72. The van der Waals surface area contributed by atoms with Crippen LogP contribution < -0.4 is 10.1 Å². The van der Waals surface area contributed by atoms with Crippen molar-refractivity contribution < 1.29 is 9.53 Å². The largest absolute Gasteiger partial charge is 0.481 e. The standard InChI is InChI=1S/C22H29NO2/c1-5-21(25-20-14-17(3)13-18(4)15-20)22(24)23-12-6-7-19-10-8-16(2)9-11-19/h8-11,13-15,21H,5-7,12H2,1-4H3,(H,23,24). The molecular weight excluding hydrogens is 310 g/mol. The van der Waals surface area contributed by atoms with Crippen LogP contribution in [-0.2, 0) is 11.2 Å². The van der Waals surface area contributed by atoms with Crippen molar-refractivity contribution >= 4 is 5.91 Å². The molecule has 2 aromatic rings. The summed E-state index contributed by atoms with van der Waals surface area (Å²) in [6.45, 7) is 8.79.